The Balaban J connectivity index is 1.81. The van der Waals surface area contributed by atoms with E-state index in [4.69, 9.17) is 4.42 Å². The first-order valence-corrected chi connectivity index (χ1v) is 7.52. The van der Waals surface area contributed by atoms with Crippen LogP contribution in [0.4, 0.5) is 5.69 Å². The Morgan fingerprint density at radius 3 is 2.90 bits per heavy atom. The molecule has 0 atom stereocenters. The zero-order valence-corrected chi connectivity index (χ0v) is 12.5. The minimum absolute atomic E-state index is 0.117. The van der Waals surface area contributed by atoms with E-state index in [1.54, 1.807) is 0 Å². The second-order valence-corrected chi connectivity index (χ2v) is 5.75. The van der Waals surface area contributed by atoms with Crippen molar-refractivity contribution in [2.75, 3.05) is 18.4 Å². The predicted octanol–water partition coefficient (Wildman–Crippen LogP) is 2.85. The second kappa shape index (κ2) is 5.48. The molecule has 1 amide bonds. The fourth-order valence-corrected chi connectivity index (χ4v) is 3.03. The number of hydrogen-bond acceptors (Lipinski definition) is 4. The highest BCUT2D eigenvalue weighted by molar-refractivity contribution is 5.96. The Morgan fingerprint density at radius 2 is 2.19 bits per heavy atom. The van der Waals surface area contributed by atoms with Crippen molar-refractivity contribution < 1.29 is 9.21 Å². The molecular formula is C16H21N3O2. The Kier molecular flexibility index (Phi) is 3.68. The van der Waals surface area contributed by atoms with E-state index in [0.717, 1.165) is 49.1 Å². The molecule has 1 fully saturated rings. The number of carbonyl (C=O) groups excluding carboxylic acids is 1. The molecule has 1 saturated heterocycles. The summed E-state index contributed by atoms with van der Waals surface area (Å²) in [6, 6.07) is 5.59. The summed E-state index contributed by atoms with van der Waals surface area (Å²) in [4.78, 5) is 17.0. The van der Waals surface area contributed by atoms with Crippen LogP contribution in [0.25, 0.3) is 11.1 Å². The van der Waals surface area contributed by atoms with E-state index in [-0.39, 0.29) is 11.3 Å². The van der Waals surface area contributed by atoms with Crippen LogP contribution in [0.3, 0.4) is 0 Å². The molecule has 21 heavy (non-hydrogen) atoms. The number of carbonyl (C=O) groups is 1. The Bertz CT molecular complexity index is 657. The topological polar surface area (TPSA) is 67.2 Å². The number of rotatable bonds is 3. The fourth-order valence-electron chi connectivity index (χ4n) is 3.03. The molecule has 2 N–H and O–H groups in total. The first kappa shape index (κ1) is 14.1. The maximum absolute atomic E-state index is 12.7. The average molecular weight is 287 g/mol. The third kappa shape index (κ3) is 2.65. The van der Waals surface area contributed by atoms with Gasteiger partial charge in [-0.1, -0.05) is 6.92 Å². The molecule has 3 rings (SSSR count). The third-order valence-corrected chi connectivity index (χ3v) is 4.47. The maximum atomic E-state index is 12.7. The highest BCUT2D eigenvalue weighted by atomic mass is 16.3. The SMILES string of the molecule is CCC1(C(=O)Nc2ccc3oc(C)nc3c2)CCNCC1. The molecule has 0 spiro atoms. The smallest absolute Gasteiger partial charge is 0.230 e. The lowest BCUT2D eigenvalue weighted by Crippen LogP contribution is -2.44. The number of nitrogens with one attached hydrogen (secondary N) is 2. The normalized spacial score (nSPS) is 17.8. The van der Waals surface area contributed by atoms with Gasteiger partial charge in [-0.15, -0.1) is 0 Å². The zero-order chi connectivity index (χ0) is 14.9. The molecule has 0 saturated carbocycles. The molecule has 5 heteroatoms. The van der Waals surface area contributed by atoms with Gasteiger partial charge in [-0.3, -0.25) is 4.79 Å². The predicted molar refractivity (Wildman–Crippen MR) is 82.2 cm³/mol. The summed E-state index contributed by atoms with van der Waals surface area (Å²) in [5, 5.41) is 6.37. The van der Waals surface area contributed by atoms with Crippen LogP contribution < -0.4 is 10.6 Å². The van der Waals surface area contributed by atoms with Gasteiger partial charge in [0.25, 0.3) is 0 Å². The van der Waals surface area contributed by atoms with Crippen molar-refractivity contribution in [2.45, 2.75) is 33.1 Å². The van der Waals surface area contributed by atoms with E-state index in [2.05, 4.69) is 22.5 Å². The van der Waals surface area contributed by atoms with Crippen LogP contribution in [0.1, 0.15) is 32.1 Å². The quantitative estimate of drug-likeness (QED) is 0.911. The molecule has 1 aromatic heterocycles. The van der Waals surface area contributed by atoms with Crippen molar-refractivity contribution >= 4 is 22.7 Å². The van der Waals surface area contributed by atoms with Crippen LogP contribution in [-0.2, 0) is 4.79 Å². The summed E-state index contributed by atoms with van der Waals surface area (Å²) in [5.74, 6) is 0.753. The maximum Gasteiger partial charge on any atom is 0.230 e. The van der Waals surface area contributed by atoms with Gasteiger partial charge in [-0.2, -0.15) is 0 Å². The lowest BCUT2D eigenvalue weighted by molar-refractivity contribution is -0.127. The van der Waals surface area contributed by atoms with Crippen LogP contribution in [0, 0.1) is 12.3 Å². The molecule has 0 bridgehead atoms. The van der Waals surface area contributed by atoms with E-state index >= 15 is 0 Å². The summed E-state index contributed by atoms with van der Waals surface area (Å²) in [6.45, 7) is 5.72. The van der Waals surface area contributed by atoms with E-state index < -0.39 is 0 Å². The lowest BCUT2D eigenvalue weighted by atomic mass is 9.76. The van der Waals surface area contributed by atoms with Gasteiger partial charge < -0.3 is 15.1 Å². The van der Waals surface area contributed by atoms with E-state index in [9.17, 15) is 4.79 Å². The first-order valence-electron chi connectivity index (χ1n) is 7.52. The van der Waals surface area contributed by atoms with Crippen molar-refractivity contribution in [1.29, 1.82) is 0 Å². The van der Waals surface area contributed by atoms with Gasteiger partial charge in [-0.25, -0.2) is 4.98 Å². The number of amides is 1. The van der Waals surface area contributed by atoms with Crippen molar-refractivity contribution in [1.82, 2.24) is 10.3 Å². The number of aromatic nitrogens is 1. The minimum Gasteiger partial charge on any atom is -0.441 e. The molecule has 0 unspecified atom stereocenters. The van der Waals surface area contributed by atoms with E-state index in [0.29, 0.717) is 5.89 Å². The molecule has 2 aromatic rings. The standard InChI is InChI=1S/C16H21N3O2/c1-3-16(6-8-17-9-7-16)15(20)19-12-4-5-14-13(10-12)18-11(2)21-14/h4-5,10,17H,3,6-9H2,1-2H3,(H,19,20). The van der Waals surface area contributed by atoms with Gasteiger partial charge >= 0.3 is 0 Å². The molecule has 5 nitrogen and oxygen atoms in total. The monoisotopic (exact) mass is 287 g/mol. The molecule has 1 aromatic carbocycles. The number of hydrogen-bond donors (Lipinski definition) is 2. The number of fused-ring (bicyclic) bond motifs is 1. The van der Waals surface area contributed by atoms with Gasteiger partial charge in [0.1, 0.15) is 5.52 Å². The molecule has 1 aliphatic rings. The Labute approximate surface area is 124 Å². The van der Waals surface area contributed by atoms with Gasteiger partial charge in [0.15, 0.2) is 11.5 Å². The number of nitrogens with zero attached hydrogens (tertiary/aromatic N) is 1. The summed E-state index contributed by atoms with van der Waals surface area (Å²) >= 11 is 0. The van der Waals surface area contributed by atoms with E-state index in [1.165, 1.54) is 0 Å². The van der Waals surface area contributed by atoms with Crippen LogP contribution in [-0.4, -0.2) is 24.0 Å². The molecule has 0 radical (unpaired) electrons. The van der Waals surface area contributed by atoms with Crippen molar-refractivity contribution in [2.24, 2.45) is 5.41 Å². The third-order valence-electron chi connectivity index (χ3n) is 4.47. The number of aryl methyl sites for hydroxylation is 1. The largest absolute Gasteiger partial charge is 0.441 e. The minimum atomic E-state index is -0.250. The Hall–Kier alpha value is -1.88. The number of piperidine rings is 1. The number of oxazole rings is 1. The van der Waals surface area contributed by atoms with Crippen LogP contribution in [0.15, 0.2) is 22.6 Å². The zero-order valence-electron chi connectivity index (χ0n) is 12.5. The van der Waals surface area contributed by atoms with Crippen molar-refractivity contribution in [3.05, 3.63) is 24.1 Å². The van der Waals surface area contributed by atoms with Gasteiger partial charge in [-0.05, 0) is 50.6 Å². The van der Waals surface area contributed by atoms with Gasteiger partial charge in [0, 0.05) is 12.6 Å². The van der Waals surface area contributed by atoms with Gasteiger partial charge in [0.05, 0.1) is 5.41 Å². The van der Waals surface area contributed by atoms with Crippen LogP contribution in [0.5, 0.6) is 0 Å². The van der Waals surface area contributed by atoms with Crippen molar-refractivity contribution in [3.8, 4) is 0 Å². The summed E-state index contributed by atoms with van der Waals surface area (Å²) in [6.07, 6.45) is 2.65. The van der Waals surface area contributed by atoms with E-state index in [1.807, 2.05) is 25.1 Å². The van der Waals surface area contributed by atoms with Crippen LogP contribution >= 0.6 is 0 Å². The average Bonchev–Trinajstić information content (AvgIpc) is 2.87. The highest BCUT2D eigenvalue weighted by Gasteiger charge is 2.37. The van der Waals surface area contributed by atoms with Crippen LogP contribution in [0.2, 0.25) is 0 Å². The lowest BCUT2D eigenvalue weighted by Gasteiger charge is -2.35. The molecule has 2 heterocycles. The molecule has 1 aliphatic heterocycles. The number of anilines is 1. The summed E-state index contributed by atoms with van der Waals surface area (Å²) < 4.78 is 5.45. The second-order valence-electron chi connectivity index (χ2n) is 5.75. The molecule has 112 valence electrons. The molecule has 0 aliphatic carbocycles. The molecular weight excluding hydrogens is 266 g/mol. The fraction of sp³-hybridized carbons (Fsp3) is 0.500. The first-order chi connectivity index (χ1) is 10.1. The Morgan fingerprint density at radius 1 is 1.43 bits per heavy atom. The van der Waals surface area contributed by atoms with Crippen molar-refractivity contribution in [3.63, 3.8) is 0 Å². The summed E-state index contributed by atoms with van der Waals surface area (Å²) in [5.41, 5.74) is 2.06. The van der Waals surface area contributed by atoms with Gasteiger partial charge in [0.2, 0.25) is 5.91 Å². The summed E-state index contributed by atoms with van der Waals surface area (Å²) in [7, 11) is 0. The highest BCUT2D eigenvalue weighted by Crippen LogP contribution is 2.34. The number of benzene rings is 1.